The van der Waals surface area contributed by atoms with Gasteiger partial charge in [-0.1, -0.05) is 41.6 Å². The maximum absolute atomic E-state index is 13.2. The molecule has 0 fully saturated rings. The van der Waals surface area contributed by atoms with E-state index in [0.717, 1.165) is 27.9 Å². The molecule has 2 aromatic carbocycles. The molecule has 2 heterocycles. The third kappa shape index (κ3) is 2.60. The molecule has 0 aliphatic carbocycles. The highest BCUT2D eigenvalue weighted by atomic mass is 16.5. The van der Waals surface area contributed by atoms with E-state index < -0.39 is 11.4 Å². The van der Waals surface area contributed by atoms with Crippen molar-refractivity contribution >= 4 is 17.6 Å². The monoisotopic (exact) mass is 376 g/mol. The van der Waals surface area contributed by atoms with E-state index in [1.54, 1.807) is 0 Å². The zero-order valence-electron chi connectivity index (χ0n) is 15.9. The van der Waals surface area contributed by atoms with Gasteiger partial charge in [0, 0.05) is 11.3 Å². The van der Waals surface area contributed by atoms with Crippen LogP contribution in [0.1, 0.15) is 29.0 Å². The highest BCUT2D eigenvalue weighted by Gasteiger charge is 2.50. The summed E-state index contributed by atoms with van der Waals surface area (Å²) in [4.78, 5) is 25.5. The first-order valence-electron chi connectivity index (χ1n) is 8.99. The Bertz CT molecular complexity index is 1050. The number of carbonyl (C=O) groups is 2. The van der Waals surface area contributed by atoms with Crippen molar-refractivity contribution in [3.05, 3.63) is 71.1 Å². The number of hydrogen-bond acceptors (Lipinski definition) is 5. The number of rotatable bonds is 4. The van der Waals surface area contributed by atoms with E-state index in [-0.39, 0.29) is 12.3 Å². The molecule has 0 saturated carbocycles. The molecule has 0 saturated heterocycles. The van der Waals surface area contributed by atoms with Crippen molar-refractivity contribution in [3.63, 3.8) is 0 Å². The second-order valence-corrected chi connectivity index (χ2v) is 6.94. The van der Waals surface area contributed by atoms with Crippen molar-refractivity contribution in [3.8, 4) is 11.1 Å². The SMILES string of the molecule is COC(=O)CC1(c2ccccc2)C(=O)Nc2ccc(-c3c(C)noc3C)cc21. The number of fused-ring (bicyclic) bond motifs is 1. The van der Waals surface area contributed by atoms with E-state index in [2.05, 4.69) is 10.5 Å². The molecular weight excluding hydrogens is 356 g/mol. The molecule has 28 heavy (non-hydrogen) atoms. The molecule has 4 rings (SSSR count). The Kier molecular flexibility index (Phi) is 4.26. The number of nitrogens with zero attached hydrogens (tertiary/aromatic N) is 1. The van der Waals surface area contributed by atoms with Gasteiger partial charge in [-0.15, -0.1) is 0 Å². The number of anilines is 1. The van der Waals surface area contributed by atoms with Crippen molar-refractivity contribution < 1.29 is 18.8 Å². The van der Waals surface area contributed by atoms with Crippen LogP contribution in [0.15, 0.2) is 53.1 Å². The Morgan fingerprint density at radius 2 is 1.93 bits per heavy atom. The molecule has 1 unspecified atom stereocenters. The summed E-state index contributed by atoms with van der Waals surface area (Å²) in [5, 5.41) is 6.96. The fourth-order valence-corrected chi connectivity index (χ4v) is 3.98. The third-order valence-electron chi connectivity index (χ3n) is 5.34. The maximum Gasteiger partial charge on any atom is 0.307 e. The van der Waals surface area contributed by atoms with Crippen LogP contribution in [0.25, 0.3) is 11.1 Å². The Morgan fingerprint density at radius 3 is 2.57 bits per heavy atom. The van der Waals surface area contributed by atoms with Gasteiger partial charge in [0.1, 0.15) is 11.2 Å². The molecule has 1 atom stereocenters. The van der Waals surface area contributed by atoms with Gasteiger partial charge >= 0.3 is 5.97 Å². The molecule has 1 amide bonds. The largest absolute Gasteiger partial charge is 0.469 e. The lowest BCUT2D eigenvalue weighted by Gasteiger charge is -2.27. The number of esters is 1. The molecular formula is C22H20N2O4. The van der Waals surface area contributed by atoms with Gasteiger partial charge in [-0.05, 0) is 42.7 Å². The lowest BCUT2D eigenvalue weighted by Crippen LogP contribution is -2.38. The van der Waals surface area contributed by atoms with Crippen molar-refractivity contribution in [1.82, 2.24) is 5.16 Å². The molecule has 6 heteroatoms. The van der Waals surface area contributed by atoms with Crippen molar-refractivity contribution in [1.29, 1.82) is 0 Å². The number of aromatic nitrogens is 1. The first-order valence-corrected chi connectivity index (χ1v) is 8.99. The van der Waals surface area contributed by atoms with Crippen molar-refractivity contribution in [2.24, 2.45) is 0 Å². The average molecular weight is 376 g/mol. The summed E-state index contributed by atoms with van der Waals surface area (Å²) in [6, 6.07) is 15.0. The van der Waals surface area contributed by atoms with Gasteiger partial charge in [0.25, 0.3) is 0 Å². The van der Waals surface area contributed by atoms with Crippen LogP contribution in [0.3, 0.4) is 0 Å². The molecule has 6 nitrogen and oxygen atoms in total. The van der Waals surface area contributed by atoms with E-state index in [0.29, 0.717) is 11.4 Å². The van der Waals surface area contributed by atoms with Gasteiger partial charge < -0.3 is 14.6 Å². The quantitative estimate of drug-likeness (QED) is 0.701. The fraction of sp³-hybridized carbons (Fsp3) is 0.227. The molecule has 1 aliphatic rings. The van der Waals surface area contributed by atoms with Gasteiger partial charge in [0.2, 0.25) is 5.91 Å². The molecule has 1 aromatic heterocycles. The van der Waals surface area contributed by atoms with Crippen LogP contribution in [0, 0.1) is 13.8 Å². The summed E-state index contributed by atoms with van der Waals surface area (Å²) in [7, 11) is 1.33. The number of carbonyl (C=O) groups excluding carboxylic acids is 2. The van der Waals surface area contributed by atoms with E-state index in [9.17, 15) is 9.59 Å². The fourth-order valence-electron chi connectivity index (χ4n) is 3.98. The molecule has 1 aliphatic heterocycles. The Balaban J connectivity index is 1.96. The van der Waals surface area contributed by atoms with Crippen LogP contribution in [0.5, 0.6) is 0 Å². The summed E-state index contributed by atoms with van der Waals surface area (Å²) >= 11 is 0. The lowest BCUT2D eigenvalue weighted by atomic mass is 9.72. The van der Waals surface area contributed by atoms with E-state index in [4.69, 9.17) is 9.26 Å². The maximum atomic E-state index is 13.2. The van der Waals surface area contributed by atoms with Crippen LogP contribution < -0.4 is 5.32 Å². The number of hydrogen-bond donors (Lipinski definition) is 1. The summed E-state index contributed by atoms with van der Waals surface area (Å²) in [6.07, 6.45) is -0.0859. The summed E-state index contributed by atoms with van der Waals surface area (Å²) in [5.74, 6) is 0.0117. The highest BCUT2D eigenvalue weighted by molar-refractivity contribution is 6.11. The van der Waals surface area contributed by atoms with Crippen molar-refractivity contribution in [2.45, 2.75) is 25.7 Å². The van der Waals surface area contributed by atoms with E-state index in [1.165, 1.54) is 7.11 Å². The first-order chi connectivity index (χ1) is 13.5. The number of nitrogens with one attached hydrogen (secondary N) is 1. The summed E-state index contributed by atoms with van der Waals surface area (Å²) in [6.45, 7) is 3.73. The Morgan fingerprint density at radius 1 is 1.18 bits per heavy atom. The smallest absolute Gasteiger partial charge is 0.307 e. The number of ether oxygens (including phenoxy) is 1. The van der Waals surface area contributed by atoms with Gasteiger partial charge in [0.15, 0.2) is 0 Å². The number of methoxy groups -OCH3 is 1. The van der Waals surface area contributed by atoms with Gasteiger partial charge in [-0.2, -0.15) is 0 Å². The topological polar surface area (TPSA) is 81.4 Å². The Labute approximate surface area is 162 Å². The summed E-state index contributed by atoms with van der Waals surface area (Å²) < 4.78 is 10.2. The minimum absolute atomic E-state index is 0.0859. The molecule has 0 spiro atoms. The van der Waals surface area contributed by atoms with Gasteiger partial charge in [-0.3, -0.25) is 9.59 Å². The molecule has 3 aromatic rings. The third-order valence-corrected chi connectivity index (χ3v) is 5.34. The number of amides is 1. The van der Waals surface area contributed by atoms with Crippen LogP contribution in [-0.4, -0.2) is 24.1 Å². The minimum Gasteiger partial charge on any atom is -0.469 e. The normalized spacial score (nSPS) is 17.9. The standard InChI is InChI=1S/C22H20N2O4/c1-13-20(14(2)28-24-13)15-9-10-18-17(11-15)22(21(26)23-18,12-19(25)27-3)16-7-5-4-6-8-16/h4-11H,12H2,1-3H3,(H,23,26). The highest BCUT2D eigenvalue weighted by Crippen LogP contribution is 2.47. The average Bonchev–Trinajstić information content (AvgIpc) is 3.18. The first kappa shape index (κ1) is 18.0. The van der Waals surface area contributed by atoms with Gasteiger partial charge in [0.05, 0.1) is 19.2 Å². The van der Waals surface area contributed by atoms with Crippen molar-refractivity contribution in [2.75, 3.05) is 12.4 Å². The number of aryl methyl sites for hydroxylation is 2. The Hall–Kier alpha value is -3.41. The molecule has 1 N–H and O–H groups in total. The molecule has 0 radical (unpaired) electrons. The second-order valence-electron chi connectivity index (χ2n) is 6.94. The zero-order valence-corrected chi connectivity index (χ0v) is 15.9. The van der Waals surface area contributed by atoms with Gasteiger partial charge in [-0.25, -0.2) is 0 Å². The van der Waals surface area contributed by atoms with E-state index >= 15 is 0 Å². The zero-order chi connectivity index (χ0) is 19.9. The molecule has 0 bridgehead atoms. The summed E-state index contributed by atoms with van der Waals surface area (Å²) in [5.41, 5.74) is 3.57. The van der Waals surface area contributed by atoms with Crippen LogP contribution in [0.4, 0.5) is 5.69 Å². The predicted octanol–water partition coefficient (Wildman–Crippen LogP) is 3.76. The van der Waals surface area contributed by atoms with Crippen LogP contribution in [0.2, 0.25) is 0 Å². The minimum atomic E-state index is -1.15. The number of benzene rings is 2. The van der Waals surface area contributed by atoms with Crippen LogP contribution in [-0.2, 0) is 19.7 Å². The predicted molar refractivity (Wildman–Crippen MR) is 104 cm³/mol. The van der Waals surface area contributed by atoms with E-state index in [1.807, 2.05) is 62.4 Å². The molecule has 142 valence electrons. The lowest BCUT2D eigenvalue weighted by molar-refractivity contribution is -0.143. The van der Waals surface area contributed by atoms with Crippen LogP contribution >= 0.6 is 0 Å². The second kappa shape index (κ2) is 6.64.